The van der Waals surface area contributed by atoms with Crippen LogP contribution in [-0.2, 0) is 13.6 Å². The van der Waals surface area contributed by atoms with Gasteiger partial charge in [-0.1, -0.05) is 6.07 Å². The van der Waals surface area contributed by atoms with Crippen LogP contribution in [-0.4, -0.2) is 68.5 Å². The fourth-order valence-electron chi connectivity index (χ4n) is 3.05. The predicted molar refractivity (Wildman–Crippen MR) is 105 cm³/mol. The SMILES string of the molecule is CCOP(=O)(OCC)C(c1ccc(O)c(OC)c1)N1CCN(C)CC1.Cl. The number of piperazine rings is 1. The molecule has 1 aromatic carbocycles. The lowest BCUT2D eigenvalue weighted by molar-refractivity contribution is 0.113. The van der Waals surface area contributed by atoms with Crippen LogP contribution < -0.4 is 4.74 Å². The lowest BCUT2D eigenvalue weighted by Crippen LogP contribution is -2.46. The minimum atomic E-state index is -3.41. The van der Waals surface area contributed by atoms with Gasteiger partial charge in [-0.25, -0.2) is 0 Å². The van der Waals surface area contributed by atoms with Gasteiger partial charge in [0.15, 0.2) is 11.5 Å². The molecular formula is C17H30ClN2O5P. The number of benzene rings is 1. The third-order valence-electron chi connectivity index (χ3n) is 4.30. The number of phenolic OH excluding ortho intramolecular Hbond substituents is 1. The number of ether oxygens (including phenoxy) is 1. The molecule has 1 aromatic rings. The molecule has 0 bridgehead atoms. The fraction of sp³-hybridized carbons (Fsp3) is 0.647. The summed E-state index contributed by atoms with van der Waals surface area (Å²) >= 11 is 0. The number of nitrogens with zero attached hydrogens (tertiary/aromatic N) is 2. The number of methoxy groups -OCH3 is 1. The van der Waals surface area contributed by atoms with Gasteiger partial charge in [-0.15, -0.1) is 12.4 Å². The smallest absolute Gasteiger partial charge is 0.352 e. The van der Waals surface area contributed by atoms with Gasteiger partial charge < -0.3 is 23.8 Å². The van der Waals surface area contributed by atoms with E-state index in [0.29, 0.717) is 19.0 Å². The van der Waals surface area contributed by atoms with Crippen LogP contribution in [0.4, 0.5) is 0 Å². The monoisotopic (exact) mass is 408 g/mol. The van der Waals surface area contributed by atoms with E-state index in [-0.39, 0.29) is 18.2 Å². The van der Waals surface area contributed by atoms with E-state index in [1.54, 1.807) is 18.2 Å². The minimum absolute atomic E-state index is 0. The van der Waals surface area contributed by atoms with Gasteiger partial charge >= 0.3 is 7.60 Å². The summed E-state index contributed by atoms with van der Waals surface area (Å²) in [5.74, 6) is -0.141. The zero-order chi connectivity index (χ0) is 18.4. The molecule has 9 heteroatoms. The van der Waals surface area contributed by atoms with Crippen LogP contribution in [0.25, 0.3) is 0 Å². The molecular weight excluding hydrogens is 379 g/mol. The Morgan fingerprint density at radius 3 is 2.23 bits per heavy atom. The van der Waals surface area contributed by atoms with E-state index in [9.17, 15) is 9.67 Å². The molecule has 0 saturated carbocycles. The maximum Gasteiger partial charge on any atom is 0.352 e. The van der Waals surface area contributed by atoms with E-state index in [4.69, 9.17) is 13.8 Å². The molecule has 1 aliphatic heterocycles. The summed E-state index contributed by atoms with van der Waals surface area (Å²) < 4.78 is 30.1. The number of likely N-dealkylation sites (N-methyl/N-ethyl adjacent to an activating group) is 1. The van der Waals surface area contributed by atoms with Crippen molar-refractivity contribution in [2.45, 2.75) is 19.6 Å². The van der Waals surface area contributed by atoms with Gasteiger partial charge in [0.05, 0.1) is 20.3 Å². The molecule has 26 heavy (non-hydrogen) atoms. The Morgan fingerprint density at radius 1 is 1.15 bits per heavy atom. The fourth-order valence-corrected chi connectivity index (χ4v) is 5.29. The lowest BCUT2D eigenvalue weighted by Gasteiger charge is -2.40. The van der Waals surface area contributed by atoms with Crippen molar-refractivity contribution in [1.82, 2.24) is 9.80 Å². The van der Waals surface area contributed by atoms with Crippen LogP contribution in [0.3, 0.4) is 0 Å². The van der Waals surface area contributed by atoms with Gasteiger partial charge in [-0.05, 0) is 38.6 Å². The topological polar surface area (TPSA) is 71.5 Å². The minimum Gasteiger partial charge on any atom is -0.504 e. The first-order valence-electron chi connectivity index (χ1n) is 8.63. The molecule has 1 aliphatic rings. The summed E-state index contributed by atoms with van der Waals surface area (Å²) in [4.78, 5) is 4.37. The van der Waals surface area contributed by atoms with Crippen LogP contribution in [0.15, 0.2) is 18.2 Å². The highest BCUT2D eigenvalue weighted by molar-refractivity contribution is 7.54. The summed E-state index contributed by atoms with van der Waals surface area (Å²) in [5.41, 5.74) is 0.754. The molecule has 150 valence electrons. The number of phenols is 1. The average molecular weight is 409 g/mol. The number of halogens is 1. The zero-order valence-corrected chi connectivity index (χ0v) is 17.6. The van der Waals surface area contributed by atoms with Crippen molar-refractivity contribution in [3.63, 3.8) is 0 Å². The summed E-state index contributed by atoms with van der Waals surface area (Å²) in [7, 11) is 0.150. The van der Waals surface area contributed by atoms with Crippen LogP contribution in [0.2, 0.25) is 0 Å². The molecule has 0 aliphatic carbocycles. The maximum absolute atomic E-state index is 13.6. The molecule has 1 fully saturated rings. The van der Waals surface area contributed by atoms with Gasteiger partial charge in [0.25, 0.3) is 0 Å². The quantitative estimate of drug-likeness (QED) is 0.661. The van der Waals surface area contributed by atoms with E-state index < -0.39 is 13.4 Å². The van der Waals surface area contributed by atoms with Gasteiger partial charge in [0.2, 0.25) is 0 Å². The van der Waals surface area contributed by atoms with Gasteiger partial charge in [-0.2, -0.15) is 0 Å². The van der Waals surface area contributed by atoms with E-state index in [0.717, 1.165) is 31.7 Å². The third-order valence-corrected chi connectivity index (χ3v) is 6.76. The van der Waals surface area contributed by atoms with Crippen molar-refractivity contribution in [1.29, 1.82) is 0 Å². The van der Waals surface area contributed by atoms with Gasteiger partial charge in [0.1, 0.15) is 5.78 Å². The first-order chi connectivity index (χ1) is 11.9. The molecule has 0 aromatic heterocycles. The third kappa shape index (κ3) is 5.35. The average Bonchev–Trinajstić information content (AvgIpc) is 2.58. The molecule has 1 N–H and O–H groups in total. The van der Waals surface area contributed by atoms with Crippen molar-refractivity contribution in [3.8, 4) is 11.5 Å². The second-order valence-electron chi connectivity index (χ2n) is 6.02. The van der Waals surface area contributed by atoms with Gasteiger partial charge in [0, 0.05) is 26.2 Å². The van der Waals surface area contributed by atoms with E-state index >= 15 is 0 Å². The Hall–Kier alpha value is -0.820. The highest BCUT2D eigenvalue weighted by Crippen LogP contribution is 2.62. The maximum atomic E-state index is 13.6. The molecule has 0 amide bonds. The molecule has 1 unspecified atom stereocenters. The molecule has 0 spiro atoms. The standard InChI is InChI=1S/C17H29N2O5P.ClH/c1-5-23-25(21,24-6-2)17(19-11-9-18(3)10-12-19)14-7-8-15(20)16(13-14)22-4;/h7-8,13,17,20H,5-6,9-12H2,1-4H3;1H. The van der Waals surface area contributed by atoms with Crippen molar-refractivity contribution in [2.24, 2.45) is 0 Å². The van der Waals surface area contributed by atoms with Crippen LogP contribution >= 0.6 is 20.0 Å². The van der Waals surface area contributed by atoms with Crippen LogP contribution in [0, 0.1) is 0 Å². The second-order valence-corrected chi connectivity index (χ2v) is 8.10. The number of aromatic hydroxyl groups is 1. The summed E-state index contributed by atoms with van der Waals surface area (Å²) in [5, 5.41) is 9.89. The lowest BCUT2D eigenvalue weighted by atomic mass is 10.1. The Kier molecular flexibility index (Phi) is 9.38. The Morgan fingerprint density at radius 2 is 1.73 bits per heavy atom. The second kappa shape index (κ2) is 10.5. The molecule has 2 rings (SSSR count). The Balaban J connectivity index is 0.00000338. The van der Waals surface area contributed by atoms with Crippen molar-refractivity contribution >= 4 is 20.0 Å². The van der Waals surface area contributed by atoms with Crippen molar-refractivity contribution in [3.05, 3.63) is 23.8 Å². The largest absolute Gasteiger partial charge is 0.504 e. The summed E-state index contributed by atoms with van der Waals surface area (Å²) in [6.45, 7) is 7.50. The highest BCUT2D eigenvalue weighted by atomic mass is 35.5. The van der Waals surface area contributed by atoms with Gasteiger partial charge in [-0.3, -0.25) is 9.46 Å². The number of hydrogen-bond donors (Lipinski definition) is 1. The van der Waals surface area contributed by atoms with E-state index in [1.165, 1.54) is 7.11 Å². The molecule has 1 saturated heterocycles. The predicted octanol–water partition coefficient (Wildman–Crippen LogP) is 3.33. The van der Waals surface area contributed by atoms with Crippen LogP contribution in [0.1, 0.15) is 25.2 Å². The molecule has 1 atom stereocenters. The number of hydrogen-bond acceptors (Lipinski definition) is 7. The molecule has 0 radical (unpaired) electrons. The first-order valence-corrected chi connectivity index (χ1v) is 10.2. The normalized spacial score (nSPS) is 17.5. The summed E-state index contributed by atoms with van der Waals surface area (Å²) in [6.07, 6.45) is 0. The first kappa shape index (κ1) is 23.2. The molecule has 1 heterocycles. The van der Waals surface area contributed by atoms with E-state index in [1.807, 2.05) is 13.8 Å². The number of rotatable bonds is 8. The highest BCUT2D eigenvalue weighted by Gasteiger charge is 2.42. The Labute approximate surface area is 162 Å². The summed E-state index contributed by atoms with van der Waals surface area (Å²) in [6, 6.07) is 5.02. The van der Waals surface area contributed by atoms with Crippen LogP contribution in [0.5, 0.6) is 11.5 Å². The molecule has 7 nitrogen and oxygen atoms in total. The zero-order valence-electron chi connectivity index (χ0n) is 15.9. The van der Waals surface area contributed by atoms with Crippen molar-refractivity contribution in [2.75, 3.05) is 53.6 Å². The van der Waals surface area contributed by atoms with E-state index in [2.05, 4.69) is 16.8 Å². The Bertz CT molecular complexity index is 601. The van der Waals surface area contributed by atoms with Crippen molar-refractivity contribution < 1.29 is 23.5 Å².